The van der Waals surface area contributed by atoms with E-state index in [0.29, 0.717) is 5.92 Å². The second-order valence-electron chi connectivity index (χ2n) is 5.66. The number of hydrogen-bond acceptors (Lipinski definition) is 7. The summed E-state index contributed by atoms with van der Waals surface area (Å²) in [7, 11) is 2.27. The van der Waals surface area contributed by atoms with Crippen LogP contribution >= 0.6 is 0 Å². The average Bonchev–Trinajstić information content (AvgIpc) is 2.91. The van der Waals surface area contributed by atoms with Gasteiger partial charge in [0.15, 0.2) is 0 Å². The van der Waals surface area contributed by atoms with Crippen molar-refractivity contribution in [2.75, 3.05) is 7.05 Å². The summed E-state index contributed by atoms with van der Waals surface area (Å²) in [6.07, 6.45) is 5.23. The van der Waals surface area contributed by atoms with Gasteiger partial charge in [-0.05, 0) is 39.7 Å². The largest absolute Gasteiger partial charge is 0.543 e. The molecule has 0 spiro atoms. The van der Waals surface area contributed by atoms with Gasteiger partial charge in [0.1, 0.15) is 5.76 Å². The summed E-state index contributed by atoms with van der Waals surface area (Å²) >= 11 is 0. The molecule has 0 aliphatic carbocycles. The van der Waals surface area contributed by atoms with Crippen molar-refractivity contribution >= 4 is 11.9 Å². The van der Waals surface area contributed by atoms with Crippen molar-refractivity contribution in [3.8, 4) is 0 Å². The lowest BCUT2D eigenvalue weighted by molar-refractivity contribution is -0.345. The van der Waals surface area contributed by atoms with Crippen LogP contribution in [0.4, 0.5) is 0 Å². The Kier molecular flexibility index (Phi) is 4.62. The van der Waals surface area contributed by atoms with E-state index >= 15 is 0 Å². The molecule has 1 aromatic heterocycles. The summed E-state index contributed by atoms with van der Waals surface area (Å²) in [5.41, 5.74) is 1.01. The minimum Gasteiger partial charge on any atom is -0.543 e. The number of carbonyl (C=O) groups is 2. The normalized spacial score (nSPS) is 27.8. The molecule has 2 aliphatic rings. The van der Waals surface area contributed by atoms with Crippen molar-refractivity contribution < 1.29 is 24.3 Å². The molecule has 2 aliphatic heterocycles. The maximum atomic E-state index is 8.93. The number of hydrogen-bond donors (Lipinski definition) is 0. The quantitative estimate of drug-likeness (QED) is 0.599. The van der Waals surface area contributed by atoms with Gasteiger partial charge in [-0.1, -0.05) is 5.16 Å². The molecule has 0 amide bonds. The molecule has 0 aromatic carbocycles. The predicted octanol–water partition coefficient (Wildman–Crippen LogP) is -1.19. The standard InChI is InChI=1S/C12H18N2O.C2H2O4/c1-8-5-12(15-13-8)9-6-10-3-4-11(7-9)14(10)2;3-1(4)2(5)6/h5,9-11H,3-4,6-7H2,1-2H3;(H,3,4)(H,5,6)/p-2. The maximum absolute atomic E-state index is 8.93. The molecule has 1 aromatic rings. The molecule has 3 rings (SSSR count). The molecule has 2 unspecified atom stereocenters. The highest BCUT2D eigenvalue weighted by Crippen LogP contribution is 2.42. The average molecular weight is 294 g/mol. The first-order valence-electron chi connectivity index (χ1n) is 6.96. The third-order valence-electron chi connectivity index (χ3n) is 4.31. The van der Waals surface area contributed by atoms with E-state index in [1.54, 1.807) is 0 Å². The molecule has 2 saturated heterocycles. The van der Waals surface area contributed by atoms with E-state index in [0.717, 1.165) is 23.5 Å². The fourth-order valence-electron chi connectivity index (χ4n) is 3.22. The predicted molar refractivity (Wildman–Crippen MR) is 67.8 cm³/mol. The van der Waals surface area contributed by atoms with Crippen LogP contribution in [0.5, 0.6) is 0 Å². The first-order valence-corrected chi connectivity index (χ1v) is 6.96. The number of carbonyl (C=O) groups excluding carboxylic acids is 2. The number of aliphatic carboxylic acids is 2. The van der Waals surface area contributed by atoms with Gasteiger partial charge in [0.25, 0.3) is 0 Å². The van der Waals surface area contributed by atoms with Crippen molar-refractivity contribution in [3.05, 3.63) is 17.5 Å². The van der Waals surface area contributed by atoms with Gasteiger partial charge >= 0.3 is 0 Å². The molecular formula is C14H18N2O5-2. The number of carboxylic acids is 2. The molecule has 7 nitrogen and oxygen atoms in total. The smallest absolute Gasteiger partial charge is 0.140 e. The number of piperidine rings is 1. The molecule has 2 fully saturated rings. The van der Waals surface area contributed by atoms with Crippen molar-refractivity contribution in [3.63, 3.8) is 0 Å². The Balaban J connectivity index is 0.000000232. The first kappa shape index (κ1) is 15.5. The molecule has 2 atom stereocenters. The van der Waals surface area contributed by atoms with Crippen molar-refractivity contribution in [1.82, 2.24) is 10.1 Å². The molecule has 3 heterocycles. The molecule has 116 valence electrons. The molecule has 0 radical (unpaired) electrons. The fraction of sp³-hybridized carbons (Fsp3) is 0.643. The lowest BCUT2D eigenvalue weighted by Crippen LogP contribution is -2.42. The summed E-state index contributed by atoms with van der Waals surface area (Å²) in [6, 6.07) is 3.66. The number of fused-ring (bicyclic) bond motifs is 2. The second kappa shape index (κ2) is 6.26. The Morgan fingerprint density at radius 3 is 2.14 bits per heavy atom. The minimum absolute atomic E-state index is 0.611. The number of aromatic nitrogens is 1. The van der Waals surface area contributed by atoms with Crippen LogP contribution in [0.1, 0.15) is 43.1 Å². The summed E-state index contributed by atoms with van der Waals surface area (Å²) < 4.78 is 5.39. The van der Waals surface area contributed by atoms with E-state index in [-0.39, 0.29) is 0 Å². The van der Waals surface area contributed by atoms with Crippen molar-refractivity contribution in [2.24, 2.45) is 0 Å². The molecule has 0 N–H and O–H groups in total. The summed E-state index contributed by atoms with van der Waals surface area (Å²) in [6.45, 7) is 2.00. The van der Waals surface area contributed by atoms with Crippen LogP contribution in [-0.4, -0.2) is 41.1 Å². The van der Waals surface area contributed by atoms with Crippen LogP contribution < -0.4 is 10.2 Å². The van der Waals surface area contributed by atoms with Crippen LogP contribution in [-0.2, 0) is 9.59 Å². The Morgan fingerprint density at radius 2 is 1.76 bits per heavy atom. The summed E-state index contributed by atoms with van der Waals surface area (Å²) in [5.74, 6) is -2.65. The van der Waals surface area contributed by atoms with Gasteiger partial charge < -0.3 is 29.2 Å². The van der Waals surface area contributed by atoms with Gasteiger partial charge in [0, 0.05) is 24.1 Å². The second-order valence-corrected chi connectivity index (χ2v) is 5.66. The number of nitrogens with zero attached hydrogens (tertiary/aromatic N) is 2. The Hall–Kier alpha value is -1.89. The van der Waals surface area contributed by atoms with Crippen LogP contribution in [0.25, 0.3) is 0 Å². The van der Waals surface area contributed by atoms with E-state index in [9.17, 15) is 0 Å². The van der Waals surface area contributed by atoms with E-state index in [2.05, 4.69) is 23.2 Å². The number of carboxylic acid groups (broad SMARTS) is 2. The SMILES string of the molecule is Cc1cc(C2CC3CCC(C2)N3C)on1.O=C([O-])C(=O)[O-]. The van der Waals surface area contributed by atoms with Crippen LogP contribution in [0.15, 0.2) is 10.6 Å². The third kappa shape index (κ3) is 3.60. The zero-order chi connectivity index (χ0) is 15.6. The topological polar surface area (TPSA) is 110 Å². The molecular weight excluding hydrogens is 276 g/mol. The van der Waals surface area contributed by atoms with Crippen molar-refractivity contribution in [2.45, 2.75) is 50.6 Å². The van der Waals surface area contributed by atoms with E-state index in [4.69, 9.17) is 24.3 Å². The van der Waals surface area contributed by atoms with Gasteiger partial charge in [0.05, 0.1) is 17.6 Å². The molecule has 2 bridgehead atoms. The number of aryl methyl sites for hydroxylation is 1. The third-order valence-corrected chi connectivity index (χ3v) is 4.31. The van der Waals surface area contributed by atoms with Gasteiger partial charge in [-0.15, -0.1) is 0 Å². The van der Waals surface area contributed by atoms with Gasteiger partial charge in [-0.2, -0.15) is 0 Å². The first-order chi connectivity index (χ1) is 9.88. The summed E-state index contributed by atoms with van der Waals surface area (Å²) in [4.78, 5) is 20.4. The van der Waals surface area contributed by atoms with Gasteiger partial charge in [-0.25, -0.2) is 0 Å². The van der Waals surface area contributed by atoms with Crippen molar-refractivity contribution in [1.29, 1.82) is 0 Å². The van der Waals surface area contributed by atoms with Crippen LogP contribution in [0.2, 0.25) is 0 Å². The van der Waals surface area contributed by atoms with Crippen LogP contribution in [0, 0.1) is 6.92 Å². The fourth-order valence-corrected chi connectivity index (χ4v) is 3.22. The lowest BCUT2D eigenvalue weighted by atomic mass is 9.89. The summed E-state index contributed by atoms with van der Waals surface area (Å²) in [5, 5.41) is 21.8. The van der Waals surface area contributed by atoms with Gasteiger partial charge in [-0.3, -0.25) is 0 Å². The highest BCUT2D eigenvalue weighted by atomic mass is 16.5. The Morgan fingerprint density at radius 1 is 1.24 bits per heavy atom. The van der Waals surface area contributed by atoms with Crippen LogP contribution in [0.3, 0.4) is 0 Å². The molecule has 7 heteroatoms. The Bertz CT molecular complexity index is 501. The maximum Gasteiger partial charge on any atom is 0.140 e. The van der Waals surface area contributed by atoms with E-state index in [1.165, 1.54) is 25.7 Å². The van der Waals surface area contributed by atoms with E-state index in [1.807, 2.05) is 6.92 Å². The minimum atomic E-state index is -2.19. The Labute approximate surface area is 122 Å². The lowest BCUT2D eigenvalue weighted by Gasteiger charge is -2.35. The highest BCUT2D eigenvalue weighted by Gasteiger charge is 2.39. The number of rotatable bonds is 1. The molecule has 0 saturated carbocycles. The zero-order valence-electron chi connectivity index (χ0n) is 12.1. The highest BCUT2D eigenvalue weighted by molar-refractivity contribution is 6.25. The molecule has 21 heavy (non-hydrogen) atoms. The monoisotopic (exact) mass is 294 g/mol. The zero-order valence-corrected chi connectivity index (χ0v) is 12.1. The van der Waals surface area contributed by atoms with E-state index < -0.39 is 11.9 Å². The van der Waals surface area contributed by atoms with Gasteiger partial charge in [0.2, 0.25) is 0 Å².